The van der Waals surface area contributed by atoms with Crippen LogP contribution in [0.3, 0.4) is 0 Å². The maximum atomic E-state index is 11.9. The summed E-state index contributed by atoms with van der Waals surface area (Å²) in [6.45, 7) is 0. The van der Waals surface area contributed by atoms with Gasteiger partial charge in [-0.1, -0.05) is 36.4 Å². The number of rotatable bonds is 6. The van der Waals surface area contributed by atoms with Crippen LogP contribution in [-0.2, 0) is 0 Å². The molecule has 0 spiro atoms. The normalized spacial score (nSPS) is 29.8. The van der Waals surface area contributed by atoms with Crippen LogP contribution in [-0.4, -0.2) is 18.2 Å². The van der Waals surface area contributed by atoms with Crippen molar-refractivity contribution in [1.82, 2.24) is 0 Å². The molecule has 0 aromatic heterocycles. The number of hydrogen-bond acceptors (Lipinski definition) is 2. The highest BCUT2D eigenvalue weighted by molar-refractivity contribution is 5.97. The molecule has 1 N–H and O–H groups in total. The van der Waals surface area contributed by atoms with Crippen LogP contribution >= 0.6 is 0 Å². The Hall–Kier alpha value is -2.55. The van der Waals surface area contributed by atoms with Crippen LogP contribution in [0.5, 0.6) is 5.75 Å². The maximum Gasteiger partial charge on any atom is 0.336 e. The van der Waals surface area contributed by atoms with E-state index in [9.17, 15) is 9.90 Å². The molecule has 3 nitrogen and oxygen atoms in total. The third-order valence-corrected chi connectivity index (χ3v) is 7.75. The van der Waals surface area contributed by atoms with Crippen molar-refractivity contribution < 1.29 is 14.6 Å². The zero-order valence-electron chi connectivity index (χ0n) is 17.6. The molecule has 0 atom stereocenters. The molecule has 4 fully saturated rings. The number of ether oxygens (including phenoxy) is 1. The Balaban J connectivity index is 1.54. The fraction of sp³-hybridized carbons (Fsp3) is 0.444. The van der Waals surface area contributed by atoms with Gasteiger partial charge >= 0.3 is 5.97 Å². The van der Waals surface area contributed by atoms with Gasteiger partial charge in [0.2, 0.25) is 0 Å². The van der Waals surface area contributed by atoms with Crippen molar-refractivity contribution in [2.24, 2.45) is 23.2 Å². The van der Waals surface area contributed by atoms with Crippen LogP contribution in [0.4, 0.5) is 0 Å². The topological polar surface area (TPSA) is 46.5 Å². The smallest absolute Gasteiger partial charge is 0.336 e. The molecule has 2 aromatic rings. The molecule has 0 saturated heterocycles. The lowest BCUT2D eigenvalue weighted by Crippen LogP contribution is -2.45. The van der Waals surface area contributed by atoms with Crippen molar-refractivity contribution >= 4 is 11.5 Å². The molecule has 0 heterocycles. The second kappa shape index (κ2) is 7.61. The predicted octanol–water partition coefficient (Wildman–Crippen LogP) is 6.43. The molecule has 4 aliphatic rings. The predicted molar refractivity (Wildman–Crippen MR) is 119 cm³/mol. The summed E-state index contributed by atoms with van der Waals surface area (Å²) in [6, 6.07) is 15.4. The summed E-state index contributed by atoms with van der Waals surface area (Å²) >= 11 is 0. The lowest BCUT2D eigenvalue weighted by molar-refractivity contribution is -0.0506. The van der Waals surface area contributed by atoms with Crippen LogP contribution in [0, 0.1) is 23.2 Å². The average Bonchev–Trinajstić information content (AvgIpc) is 2.73. The molecule has 2 aromatic carbocycles. The van der Waals surface area contributed by atoms with Crippen molar-refractivity contribution in [2.75, 3.05) is 7.11 Å². The Kier molecular flexibility index (Phi) is 4.92. The molecule has 4 aliphatic carbocycles. The van der Waals surface area contributed by atoms with Crippen LogP contribution in [0.1, 0.15) is 66.4 Å². The van der Waals surface area contributed by atoms with E-state index in [0.29, 0.717) is 11.0 Å². The SMILES string of the molecule is COc1ccc(C(=CCC23CC4CC(CC(C4)C2)C3)c2ccccc2C(=O)O)cc1. The summed E-state index contributed by atoms with van der Waals surface area (Å²) in [5.74, 6) is 2.69. The second-order valence-corrected chi connectivity index (χ2v) is 9.82. The minimum absolute atomic E-state index is 0.366. The molecular weight excluding hydrogens is 372 g/mol. The molecule has 6 rings (SSSR count). The van der Waals surface area contributed by atoms with Crippen molar-refractivity contribution in [3.05, 3.63) is 71.3 Å². The number of methoxy groups -OCH3 is 1. The molecule has 4 saturated carbocycles. The highest BCUT2D eigenvalue weighted by atomic mass is 16.5. The summed E-state index contributed by atoms with van der Waals surface area (Å²) in [6.07, 6.45) is 11.8. The molecule has 30 heavy (non-hydrogen) atoms. The molecule has 0 amide bonds. The second-order valence-electron chi connectivity index (χ2n) is 9.82. The Morgan fingerprint density at radius 1 is 0.967 bits per heavy atom. The van der Waals surface area contributed by atoms with Crippen molar-refractivity contribution in [3.63, 3.8) is 0 Å². The van der Waals surface area contributed by atoms with Gasteiger partial charge in [-0.25, -0.2) is 4.79 Å². The fourth-order valence-corrected chi connectivity index (χ4v) is 6.92. The molecular formula is C27H30O3. The first-order chi connectivity index (χ1) is 14.5. The highest BCUT2D eigenvalue weighted by Gasteiger charge is 2.50. The molecule has 0 unspecified atom stereocenters. The number of benzene rings is 2. The van der Waals surface area contributed by atoms with Crippen LogP contribution in [0.2, 0.25) is 0 Å². The van der Waals surface area contributed by atoms with Crippen molar-refractivity contribution in [3.8, 4) is 5.75 Å². The number of hydrogen-bond donors (Lipinski definition) is 1. The summed E-state index contributed by atoms with van der Waals surface area (Å²) in [5.41, 5.74) is 3.68. The number of carbonyl (C=O) groups is 1. The number of carboxylic acids is 1. The molecule has 0 radical (unpaired) electrons. The molecule has 156 valence electrons. The quantitative estimate of drug-likeness (QED) is 0.605. The van der Waals surface area contributed by atoms with E-state index in [4.69, 9.17) is 4.74 Å². The van der Waals surface area contributed by atoms with E-state index in [1.807, 2.05) is 36.4 Å². The first-order valence-electron chi connectivity index (χ1n) is 11.2. The Morgan fingerprint density at radius 2 is 1.53 bits per heavy atom. The maximum absolute atomic E-state index is 11.9. The van der Waals surface area contributed by atoms with Gasteiger partial charge in [0.1, 0.15) is 5.75 Å². The van der Waals surface area contributed by atoms with E-state index in [1.165, 1.54) is 38.5 Å². The van der Waals surface area contributed by atoms with Gasteiger partial charge in [-0.2, -0.15) is 0 Å². The van der Waals surface area contributed by atoms with Gasteiger partial charge in [-0.3, -0.25) is 0 Å². The van der Waals surface area contributed by atoms with E-state index >= 15 is 0 Å². The van der Waals surface area contributed by atoms with Gasteiger partial charge in [0.25, 0.3) is 0 Å². The summed E-state index contributed by atoms with van der Waals surface area (Å²) in [7, 11) is 1.67. The molecule has 4 bridgehead atoms. The summed E-state index contributed by atoms with van der Waals surface area (Å²) < 4.78 is 5.33. The van der Waals surface area contributed by atoms with Gasteiger partial charge in [-0.15, -0.1) is 0 Å². The molecule has 3 heteroatoms. The monoisotopic (exact) mass is 402 g/mol. The third kappa shape index (κ3) is 3.55. The lowest BCUT2D eigenvalue weighted by Gasteiger charge is -2.57. The number of aromatic carboxylic acids is 1. The number of allylic oxidation sites excluding steroid dienone is 1. The van der Waals surface area contributed by atoms with E-state index < -0.39 is 5.97 Å². The largest absolute Gasteiger partial charge is 0.497 e. The van der Waals surface area contributed by atoms with Gasteiger partial charge in [0, 0.05) is 0 Å². The number of carboxylic acid groups (broad SMARTS) is 1. The van der Waals surface area contributed by atoms with E-state index in [0.717, 1.165) is 46.6 Å². The van der Waals surface area contributed by atoms with E-state index in [1.54, 1.807) is 19.2 Å². The lowest BCUT2D eigenvalue weighted by atomic mass is 9.49. The van der Waals surface area contributed by atoms with Gasteiger partial charge < -0.3 is 9.84 Å². The van der Waals surface area contributed by atoms with Crippen molar-refractivity contribution in [1.29, 1.82) is 0 Å². The molecule has 0 aliphatic heterocycles. The van der Waals surface area contributed by atoms with Crippen LogP contribution in [0.15, 0.2) is 54.6 Å². The standard InChI is InChI=1S/C27H30O3/c1-30-22-8-6-21(7-9-22)23(24-4-2-3-5-25(24)26(28)29)10-11-27-15-18-12-19(16-27)14-20(13-18)17-27/h2-10,18-20H,11-17H2,1H3,(H,28,29). The average molecular weight is 403 g/mol. The Labute approximate surface area is 178 Å². The van der Waals surface area contributed by atoms with Gasteiger partial charge in [-0.05, 0) is 103 Å². The summed E-state index contributed by atoms with van der Waals surface area (Å²) in [4.78, 5) is 11.9. The Bertz CT molecular complexity index is 935. The van der Waals surface area contributed by atoms with Crippen LogP contribution in [0.25, 0.3) is 5.57 Å². The minimum atomic E-state index is -0.875. The van der Waals surface area contributed by atoms with Gasteiger partial charge in [0.15, 0.2) is 0 Å². The van der Waals surface area contributed by atoms with Gasteiger partial charge in [0.05, 0.1) is 12.7 Å². The fourth-order valence-electron chi connectivity index (χ4n) is 6.92. The summed E-state index contributed by atoms with van der Waals surface area (Å²) in [5, 5.41) is 9.79. The van der Waals surface area contributed by atoms with Crippen LogP contribution < -0.4 is 4.74 Å². The first-order valence-corrected chi connectivity index (χ1v) is 11.2. The van der Waals surface area contributed by atoms with E-state index in [2.05, 4.69) is 6.08 Å². The van der Waals surface area contributed by atoms with E-state index in [-0.39, 0.29) is 0 Å². The minimum Gasteiger partial charge on any atom is -0.497 e. The zero-order chi connectivity index (χ0) is 20.7. The first kappa shape index (κ1) is 19.4. The van der Waals surface area contributed by atoms with Crippen molar-refractivity contribution in [2.45, 2.75) is 44.9 Å². The highest BCUT2D eigenvalue weighted by Crippen LogP contribution is 2.61. The zero-order valence-corrected chi connectivity index (χ0v) is 17.6. The third-order valence-electron chi connectivity index (χ3n) is 7.75. The Morgan fingerprint density at radius 3 is 2.07 bits per heavy atom.